The average Bonchev–Trinajstić information content (AvgIpc) is 2.94. The zero-order valence-electron chi connectivity index (χ0n) is 11.9. The third kappa shape index (κ3) is 2.65. The van der Waals surface area contributed by atoms with Crippen molar-refractivity contribution in [3.63, 3.8) is 0 Å². The summed E-state index contributed by atoms with van der Waals surface area (Å²) in [6, 6.07) is 8.47. The lowest BCUT2D eigenvalue weighted by Gasteiger charge is -2.06. The number of aryl methyl sites for hydroxylation is 1. The summed E-state index contributed by atoms with van der Waals surface area (Å²) in [5.41, 5.74) is 0.874. The molecule has 0 spiro atoms. The zero-order chi connectivity index (χ0) is 15.7. The van der Waals surface area contributed by atoms with Crippen LogP contribution < -0.4 is 5.56 Å². The molecule has 3 aromatic rings. The number of carboxylic acids is 1. The molecule has 5 nitrogen and oxygen atoms in total. The van der Waals surface area contributed by atoms with Gasteiger partial charge in [0, 0.05) is 4.88 Å². The Morgan fingerprint density at radius 1 is 1.36 bits per heavy atom. The van der Waals surface area contributed by atoms with Crippen LogP contribution in [0, 0.1) is 0 Å². The number of fused-ring (bicyclic) bond motifs is 1. The Kier molecular flexibility index (Phi) is 3.77. The molecule has 0 saturated heterocycles. The molecule has 6 heteroatoms. The first-order chi connectivity index (χ1) is 10.6. The predicted molar refractivity (Wildman–Crippen MR) is 85.8 cm³/mol. The Labute approximate surface area is 130 Å². The third-order valence-electron chi connectivity index (χ3n) is 3.44. The Balaban J connectivity index is 2.00. The largest absolute Gasteiger partial charge is 0.478 e. The van der Waals surface area contributed by atoms with Crippen LogP contribution in [0.1, 0.15) is 27.7 Å². The summed E-state index contributed by atoms with van der Waals surface area (Å²) in [5, 5.41) is 9.65. The summed E-state index contributed by atoms with van der Waals surface area (Å²) in [6.07, 6.45) is 2.40. The molecule has 0 atom stereocenters. The molecular formula is C16H14N2O3S. The number of hydrogen-bond donors (Lipinski definition) is 1. The Morgan fingerprint density at radius 3 is 2.91 bits per heavy atom. The van der Waals surface area contributed by atoms with Crippen LogP contribution >= 0.6 is 11.3 Å². The van der Waals surface area contributed by atoms with Crippen molar-refractivity contribution >= 4 is 27.5 Å². The molecule has 0 saturated carbocycles. The first-order valence-electron chi connectivity index (χ1n) is 6.88. The Hall–Kier alpha value is -2.47. The minimum Gasteiger partial charge on any atom is -0.478 e. The fourth-order valence-electron chi connectivity index (χ4n) is 2.30. The number of carboxylic acid groups (broad SMARTS) is 1. The van der Waals surface area contributed by atoms with Gasteiger partial charge in [0.15, 0.2) is 0 Å². The second-order valence-electron chi connectivity index (χ2n) is 4.97. The van der Waals surface area contributed by atoms with Gasteiger partial charge in [-0.05, 0) is 30.2 Å². The molecule has 1 N–H and O–H groups in total. The van der Waals surface area contributed by atoms with Crippen LogP contribution in [0.5, 0.6) is 0 Å². The van der Waals surface area contributed by atoms with Gasteiger partial charge in [-0.3, -0.25) is 9.36 Å². The van der Waals surface area contributed by atoms with E-state index in [1.165, 1.54) is 28.3 Å². The van der Waals surface area contributed by atoms with Crippen LogP contribution in [-0.4, -0.2) is 20.6 Å². The molecule has 2 heterocycles. The van der Waals surface area contributed by atoms with E-state index in [0.29, 0.717) is 11.9 Å². The summed E-state index contributed by atoms with van der Waals surface area (Å²) in [7, 11) is 0. The monoisotopic (exact) mass is 314 g/mol. The number of aromatic carboxylic acids is 1. The van der Waals surface area contributed by atoms with Gasteiger partial charge in [0.2, 0.25) is 0 Å². The van der Waals surface area contributed by atoms with Crippen LogP contribution in [0.2, 0.25) is 0 Å². The van der Waals surface area contributed by atoms with E-state index in [0.717, 1.165) is 21.7 Å². The summed E-state index contributed by atoms with van der Waals surface area (Å²) >= 11 is 1.53. The van der Waals surface area contributed by atoms with Crippen molar-refractivity contribution in [2.24, 2.45) is 0 Å². The predicted octanol–water partition coefficient (Wildman–Crippen LogP) is 2.77. The summed E-state index contributed by atoms with van der Waals surface area (Å²) in [4.78, 5) is 29.7. The molecular weight excluding hydrogens is 300 g/mol. The Morgan fingerprint density at radius 2 is 2.18 bits per heavy atom. The lowest BCUT2D eigenvalue weighted by molar-refractivity contribution is 0.0696. The number of benzene rings is 1. The minimum absolute atomic E-state index is 0.0957. The number of carbonyl (C=O) groups is 1. The number of aromatic nitrogens is 2. The highest BCUT2D eigenvalue weighted by molar-refractivity contribution is 7.18. The maximum Gasteiger partial charge on any atom is 0.335 e. The average molecular weight is 314 g/mol. The van der Waals surface area contributed by atoms with E-state index < -0.39 is 5.97 Å². The lowest BCUT2D eigenvalue weighted by atomic mass is 10.1. The molecule has 0 aliphatic heterocycles. The van der Waals surface area contributed by atoms with E-state index in [2.05, 4.69) is 4.98 Å². The van der Waals surface area contributed by atoms with Gasteiger partial charge in [-0.1, -0.05) is 19.1 Å². The van der Waals surface area contributed by atoms with Crippen molar-refractivity contribution in [3.05, 3.63) is 63.0 Å². The standard InChI is InChI=1S/C16H14N2O3S/c1-2-12-7-13-14(22-12)17-9-18(15(13)19)8-10-4-3-5-11(6-10)16(20)21/h3-7,9H,2,8H2,1H3,(H,20,21). The normalized spacial score (nSPS) is 11.0. The van der Waals surface area contributed by atoms with Crippen molar-refractivity contribution in [2.75, 3.05) is 0 Å². The van der Waals surface area contributed by atoms with Crippen LogP contribution in [0.15, 0.2) is 41.5 Å². The summed E-state index contributed by atoms with van der Waals surface area (Å²) < 4.78 is 1.51. The fraction of sp³-hybridized carbons (Fsp3) is 0.188. The highest BCUT2D eigenvalue weighted by atomic mass is 32.1. The van der Waals surface area contributed by atoms with Crippen LogP contribution in [0.4, 0.5) is 0 Å². The second kappa shape index (κ2) is 5.73. The van der Waals surface area contributed by atoms with Gasteiger partial charge in [-0.15, -0.1) is 11.3 Å². The molecule has 22 heavy (non-hydrogen) atoms. The molecule has 0 aliphatic carbocycles. The van der Waals surface area contributed by atoms with E-state index in [-0.39, 0.29) is 11.1 Å². The second-order valence-corrected chi connectivity index (χ2v) is 6.08. The van der Waals surface area contributed by atoms with E-state index in [1.807, 2.05) is 13.0 Å². The molecule has 0 amide bonds. The highest BCUT2D eigenvalue weighted by Crippen LogP contribution is 2.21. The van der Waals surface area contributed by atoms with Gasteiger partial charge in [0.1, 0.15) is 4.83 Å². The third-order valence-corrected chi connectivity index (χ3v) is 4.63. The number of hydrogen-bond acceptors (Lipinski definition) is 4. The van der Waals surface area contributed by atoms with E-state index in [1.54, 1.807) is 18.2 Å². The summed E-state index contributed by atoms with van der Waals surface area (Å²) in [5.74, 6) is -0.979. The SMILES string of the molecule is CCc1cc2c(=O)n(Cc3cccc(C(=O)O)c3)cnc2s1. The first kappa shape index (κ1) is 14.5. The lowest BCUT2D eigenvalue weighted by Crippen LogP contribution is -2.20. The van der Waals surface area contributed by atoms with Crippen molar-refractivity contribution in [1.29, 1.82) is 0 Å². The molecule has 112 valence electrons. The number of rotatable bonds is 4. The molecule has 0 bridgehead atoms. The number of thiophene rings is 1. The van der Waals surface area contributed by atoms with Gasteiger partial charge in [-0.2, -0.15) is 0 Å². The quantitative estimate of drug-likeness (QED) is 0.803. The van der Waals surface area contributed by atoms with E-state index >= 15 is 0 Å². The molecule has 0 unspecified atom stereocenters. The molecule has 0 radical (unpaired) electrons. The highest BCUT2D eigenvalue weighted by Gasteiger charge is 2.09. The maximum absolute atomic E-state index is 12.5. The van der Waals surface area contributed by atoms with Crippen LogP contribution in [0.3, 0.4) is 0 Å². The number of nitrogens with zero attached hydrogens (tertiary/aromatic N) is 2. The fourth-order valence-corrected chi connectivity index (χ4v) is 3.22. The van der Waals surface area contributed by atoms with Gasteiger partial charge >= 0.3 is 5.97 Å². The van der Waals surface area contributed by atoms with Gasteiger partial charge in [0.25, 0.3) is 5.56 Å². The van der Waals surface area contributed by atoms with Crippen molar-refractivity contribution in [2.45, 2.75) is 19.9 Å². The van der Waals surface area contributed by atoms with E-state index in [4.69, 9.17) is 5.11 Å². The zero-order valence-corrected chi connectivity index (χ0v) is 12.8. The molecule has 1 aromatic carbocycles. The molecule has 2 aromatic heterocycles. The Bertz CT molecular complexity index is 911. The van der Waals surface area contributed by atoms with E-state index in [9.17, 15) is 9.59 Å². The van der Waals surface area contributed by atoms with Crippen molar-refractivity contribution < 1.29 is 9.90 Å². The van der Waals surface area contributed by atoms with Gasteiger partial charge in [-0.25, -0.2) is 9.78 Å². The van der Waals surface area contributed by atoms with Gasteiger partial charge < -0.3 is 5.11 Å². The van der Waals surface area contributed by atoms with Crippen molar-refractivity contribution in [1.82, 2.24) is 9.55 Å². The first-order valence-corrected chi connectivity index (χ1v) is 7.70. The topological polar surface area (TPSA) is 72.2 Å². The van der Waals surface area contributed by atoms with Gasteiger partial charge in [0.05, 0.1) is 23.8 Å². The molecule has 0 fully saturated rings. The van der Waals surface area contributed by atoms with Crippen molar-refractivity contribution in [3.8, 4) is 0 Å². The van der Waals surface area contributed by atoms with Crippen LogP contribution in [-0.2, 0) is 13.0 Å². The minimum atomic E-state index is -0.979. The molecule has 0 aliphatic rings. The molecule has 3 rings (SSSR count). The smallest absolute Gasteiger partial charge is 0.335 e. The van der Waals surface area contributed by atoms with Crippen LogP contribution in [0.25, 0.3) is 10.2 Å². The maximum atomic E-state index is 12.5. The summed E-state index contributed by atoms with van der Waals surface area (Å²) in [6.45, 7) is 2.35.